The van der Waals surface area contributed by atoms with E-state index in [0.717, 1.165) is 18.5 Å². The van der Waals surface area contributed by atoms with Crippen LogP contribution in [0, 0.1) is 0 Å². The lowest BCUT2D eigenvalue weighted by Gasteiger charge is -2.37. The number of benzene rings is 1. The van der Waals surface area contributed by atoms with E-state index >= 15 is 0 Å². The van der Waals surface area contributed by atoms with Gasteiger partial charge in [-0.25, -0.2) is 18.4 Å². The first-order chi connectivity index (χ1) is 10.5. The van der Waals surface area contributed by atoms with E-state index in [1.807, 2.05) is 20.8 Å². The van der Waals surface area contributed by atoms with Gasteiger partial charge in [-0.2, -0.15) is 0 Å². The number of amides is 1. The molecule has 7 nitrogen and oxygen atoms in total. The van der Waals surface area contributed by atoms with Crippen molar-refractivity contribution in [1.29, 1.82) is 0 Å². The zero-order valence-corrected chi connectivity index (χ0v) is 14.3. The topological polar surface area (TPSA) is 111 Å². The third-order valence-corrected chi connectivity index (χ3v) is 4.34. The molecule has 0 unspecified atom stereocenters. The third-order valence-electron chi connectivity index (χ3n) is 3.41. The fourth-order valence-corrected chi connectivity index (χ4v) is 2.82. The highest BCUT2D eigenvalue weighted by Crippen LogP contribution is 2.25. The normalized spacial score (nSPS) is 21.2. The van der Waals surface area contributed by atoms with Crippen LogP contribution < -0.4 is 15.8 Å². The maximum atomic E-state index is 11.6. The number of nitrogens with one attached hydrogen (secondary N) is 2. The summed E-state index contributed by atoms with van der Waals surface area (Å²) in [6, 6.07) is 6.60. The summed E-state index contributed by atoms with van der Waals surface area (Å²) in [4.78, 5) is 11.7. The molecule has 0 radical (unpaired) electrons. The molecule has 23 heavy (non-hydrogen) atoms. The highest BCUT2D eigenvalue weighted by atomic mass is 32.2. The van der Waals surface area contributed by atoms with Crippen LogP contribution in [0.1, 0.15) is 33.6 Å². The van der Waals surface area contributed by atoms with Crippen LogP contribution in [0.25, 0.3) is 0 Å². The fraction of sp³-hybridized carbons (Fsp3) is 0.533. The van der Waals surface area contributed by atoms with E-state index in [4.69, 9.17) is 9.88 Å². The number of hydrogen-bond acceptors (Lipinski definition) is 5. The Morgan fingerprint density at radius 3 is 2.22 bits per heavy atom. The summed E-state index contributed by atoms with van der Waals surface area (Å²) >= 11 is 0. The monoisotopic (exact) mass is 341 g/mol. The van der Waals surface area contributed by atoms with Crippen molar-refractivity contribution in [2.45, 2.75) is 56.2 Å². The molecule has 1 fully saturated rings. The van der Waals surface area contributed by atoms with Crippen LogP contribution in [0.3, 0.4) is 0 Å². The van der Waals surface area contributed by atoms with Crippen molar-refractivity contribution in [1.82, 2.24) is 5.32 Å². The van der Waals surface area contributed by atoms with E-state index in [0.29, 0.717) is 0 Å². The van der Waals surface area contributed by atoms with Gasteiger partial charge in [0.05, 0.1) is 4.90 Å². The summed E-state index contributed by atoms with van der Waals surface area (Å²) in [7, 11) is -3.67. The molecule has 0 atom stereocenters. The smallest absolute Gasteiger partial charge is 0.407 e. The lowest BCUT2D eigenvalue weighted by atomic mass is 9.86. The Hall–Kier alpha value is -1.80. The van der Waals surface area contributed by atoms with Crippen molar-refractivity contribution in [3.8, 4) is 0 Å². The zero-order chi connectivity index (χ0) is 17.3. The van der Waals surface area contributed by atoms with Crippen LogP contribution in [-0.4, -0.2) is 32.2 Å². The van der Waals surface area contributed by atoms with Gasteiger partial charge in [-0.3, -0.25) is 0 Å². The van der Waals surface area contributed by atoms with Crippen LogP contribution >= 0.6 is 0 Å². The van der Waals surface area contributed by atoms with E-state index in [1.54, 1.807) is 12.1 Å². The van der Waals surface area contributed by atoms with Crippen molar-refractivity contribution < 1.29 is 17.9 Å². The number of rotatable bonds is 4. The standard InChI is InChI=1S/C15H23N3O4S/c1-15(2,3)22-14(19)18-12-8-11(9-12)17-10-4-6-13(7-5-10)23(16,20)21/h4-7,11-12,17H,8-9H2,1-3H3,(H,18,19)(H2,16,20,21). The van der Waals surface area contributed by atoms with Crippen molar-refractivity contribution in [3.63, 3.8) is 0 Å². The molecule has 0 aliphatic heterocycles. The molecule has 1 saturated carbocycles. The number of sulfonamides is 1. The van der Waals surface area contributed by atoms with E-state index in [2.05, 4.69) is 10.6 Å². The Kier molecular flexibility index (Phi) is 4.86. The Morgan fingerprint density at radius 1 is 1.17 bits per heavy atom. The number of hydrogen-bond donors (Lipinski definition) is 3. The molecular weight excluding hydrogens is 318 g/mol. The van der Waals surface area contributed by atoms with Crippen LogP contribution in [0.15, 0.2) is 29.2 Å². The number of nitrogens with two attached hydrogens (primary N) is 1. The summed E-state index contributed by atoms with van der Waals surface area (Å²) in [5.74, 6) is 0. The van der Waals surface area contributed by atoms with Crippen molar-refractivity contribution in [2.24, 2.45) is 5.14 Å². The molecule has 8 heteroatoms. The highest BCUT2D eigenvalue weighted by Gasteiger charge is 2.31. The SMILES string of the molecule is CC(C)(C)OC(=O)NC1CC(Nc2ccc(S(N)(=O)=O)cc2)C1. The van der Waals surface area contributed by atoms with Gasteiger partial charge in [-0.05, 0) is 57.9 Å². The third kappa shape index (κ3) is 5.40. The Morgan fingerprint density at radius 2 is 1.74 bits per heavy atom. The summed E-state index contributed by atoms with van der Waals surface area (Å²) in [6.45, 7) is 5.47. The predicted octanol–water partition coefficient (Wildman–Crippen LogP) is 1.80. The first-order valence-electron chi connectivity index (χ1n) is 7.42. The van der Waals surface area contributed by atoms with Gasteiger partial charge in [0.15, 0.2) is 0 Å². The van der Waals surface area contributed by atoms with Crippen molar-refractivity contribution in [3.05, 3.63) is 24.3 Å². The molecule has 2 rings (SSSR count). The number of carbonyl (C=O) groups is 1. The second-order valence-corrected chi connectivity index (χ2v) is 8.29. The van der Waals surface area contributed by atoms with Crippen molar-refractivity contribution >= 4 is 21.8 Å². The maximum absolute atomic E-state index is 11.6. The van der Waals surface area contributed by atoms with E-state index in [9.17, 15) is 13.2 Å². The zero-order valence-electron chi connectivity index (χ0n) is 13.5. The van der Waals surface area contributed by atoms with Crippen LogP contribution in [-0.2, 0) is 14.8 Å². The van der Waals surface area contributed by atoms with Gasteiger partial charge in [0.1, 0.15) is 5.60 Å². The minimum absolute atomic E-state index is 0.0844. The number of carbonyl (C=O) groups excluding carboxylic acids is 1. The minimum atomic E-state index is -3.67. The number of ether oxygens (including phenoxy) is 1. The number of alkyl carbamates (subject to hydrolysis) is 1. The molecule has 0 aromatic heterocycles. The Bertz CT molecular complexity index is 659. The van der Waals surface area contributed by atoms with Crippen molar-refractivity contribution in [2.75, 3.05) is 5.32 Å². The molecule has 0 spiro atoms. The van der Waals surface area contributed by atoms with Gasteiger partial charge in [0.25, 0.3) is 0 Å². The summed E-state index contributed by atoms with van der Waals surface area (Å²) in [5.41, 5.74) is 0.314. The van der Waals surface area contributed by atoms with Crippen LogP contribution in [0.4, 0.5) is 10.5 Å². The Labute approximate surface area is 136 Å². The average Bonchev–Trinajstić information content (AvgIpc) is 2.33. The van der Waals surface area contributed by atoms with Gasteiger partial charge in [-0.15, -0.1) is 0 Å². The first-order valence-corrected chi connectivity index (χ1v) is 8.96. The lowest BCUT2D eigenvalue weighted by molar-refractivity contribution is 0.0475. The molecule has 0 saturated heterocycles. The maximum Gasteiger partial charge on any atom is 0.407 e. The molecule has 1 aromatic rings. The largest absolute Gasteiger partial charge is 0.444 e. The molecule has 128 valence electrons. The summed E-state index contributed by atoms with van der Waals surface area (Å²) in [5, 5.41) is 11.2. The predicted molar refractivity (Wildman–Crippen MR) is 87.6 cm³/mol. The molecule has 1 aromatic carbocycles. The quantitative estimate of drug-likeness (QED) is 0.773. The van der Waals surface area contributed by atoms with E-state index in [-0.39, 0.29) is 17.0 Å². The molecule has 4 N–H and O–H groups in total. The number of primary sulfonamides is 1. The molecule has 1 aliphatic rings. The van der Waals surface area contributed by atoms with Gasteiger partial charge in [0.2, 0.25) is 10.0 Å². The molecule has 1 aliphatic carbocycles. The molecule has 0 bridgehead atoms. The van der Waals surface area contributed by atoms with E-state index in [1.165, 1.54) is 12.1 Å². The Balaban J connectivity index is 1.77. The summed E-state index contributed by atoms with van der Waals surface area (Å²) < 4.78 is 27.6. The summed E-state index contributed by atoms with van der Waals surface area (Å²) in [6.07, 6.45) is 1.17. The molecule has 0 heterocycles. The second kappa shape index (κ2) is 6.37. The average molecular weight is 341 g/mol. The van der Waals surface area contributed by atoms with Crippen LogP contribution in [0.2, 0.25) is 0 Å². The van der Waals surface area contributed by atoms with Gasteiger partial charge in [0, 0.05) is 17.8 Å². The van der Waals surface area contributed by atoms with Gasteiger partial charge in [-0.1, -0.05) is 0 Å². The van der Waals surface area contributed by atoms with Gasteiger partial charge >= 0.3 is 6.09 Å². The molecular formula is C15H23N3O4S. The van der Waals surface area contributed by atoms with Gasteiger partial charge < -0.3 is 15.4 Å². The highest BCUT2D eigenvalue weighted by molar-refractivity contribution is 7.89. The number of anilines is 1. The minimum Gasteiger partial charge on any atom is -0.444 e. The molecule has 1 amide bonds. The second-order valence-electron chi connectivity index (χ2n) is 6.73. The van der Waals surface area contributed by atoms with Crippen LogP contribution in [0.5, 0.6) is 0 Å². The lowest BCUT2D eigenvalue weighted by Crippen LogP contribution is -2.50. The first kappa shape index (κ1) is 17.6. The fourth-order valence-electron chi connectivity index (χ4n) is 2.30. The van der Waals surface area contributed by atoms with E-state index < -0.39 is 21.7 Å².